The normalized spacial score (nSPS) is 11.6. The van der Waals surface area contributed by atoms with Gasteiger partial charge in [0.15, 0.2) is 5.11 Å². The third-order valence-electron chi connectivity index (χ3n) is 1.97. The Hall–Kier alpha value is -1.63. The third kappa shape index (κ3) is 4.33. The van der Waals surface area contributed by atoms with Crippen molar-refractivity contribution in [2.45, 2.75) is 13.1 Å². The van der Waals surface area contributed by atoms with Crippen LogP contribution in [0.25, 0.3) is 0 Å². The highest BCUT2D eigenvalue weighted by Gasteiger charge is 2.32. The Labute approximate surface area is 108 Å². The summed E-state index contributed by atoms with van der Waals surface area (Å²) < 4.78 is 37.9. The van der Waals surface area contributed by atoms with Crippen LogP contribution in [-0.4, -0.2) is 17.9 Å². The molecule has 0 aromatic heterocycles. The lowest BCUT2D eigenvalue weighted by Crippen LogP contribution is -2.31. The maximum atomic E-state index is 12.6. The van der Waals surface area contributed by atoms with Crippen molar-refractivity contribution in [1.82, 2.24) is 10.7 Å². The van der Waals surface area contributed by atoms with Crippen molar-refractivity contribution in [2.24, 2.45) is 5.10 Å². The van der Waals surface area contributed by atoms with Gasteiger partial charge in [-0.3, -0.25) is 5.43 Å². The van der Waals surface area contributed by atoms with E-state index in [0.29, 0.717) is 6.54 Å². The Bertz CT molecular complexity index is 443. The number of nitrogens with zero attached hydrogens (tertiary/aromatic N) is 1. The summed E-state index contributed by atoms with van der Waals surface area (Å²) in [6.45, 7) is 2.46. The molecule has 0 saturated heterocycles. The summed E-state index contributed by atoms with van der Waals surface area (Å²) in [5.41, 5.74) is 1.68. The van der Waals surface area contributed by atoms with Crippen LogP contribution in [-0.2, 0) is 6.18 Å². The molecule has 3 nitrogen and oxygen atoms in total. The van der Waals surface area contributed by atoms with Gasteiger partial charge in [-0.15, -0.1) is 0 Å². The molecule has 0 saturated carbocycles. The second-order valence-electron chi connectivity index (χ2n) is 3.31. The summed E-state index contributed by atoms with van der Waals surface area (Å²) in [7, 11) is 0. The van der Waals surface area contributed by atoms with Crippen LogP contribution in [0.1, 0.15) is 18.1 Å². The number of rotatable bonds is 3. The lowest BCUT2D eigenvalue weighted by molar-refractivity contribution is -0.137. The molecule has 1 rings (SSSR count). The lowest BCUT2D eigenvalue weighted by Gasteiger charge is -2.09. The summed E-state index contributed by atoms with van der Waals surface area (Å²) in [5.74, 6) is 0. The number of hydrogen-bond donors (Lipinski definition) is 2. The maximum Gasteiger partial charge on any atom is 0.417 e. The summed E-state index contributed by atoms with van der Waals surface area (Å²) in [6, 6.07) is 5.18. The largest absolute Gasteiger partial charge is 0.417 e. The van der Waals surface area contributed by atoms with Crippen molar-refractivity contribution < 1.29 is 13.2 Å². The number of hydrazone groups is 1. The van der Waals surface area contributed by atoms with E-state index in [1.165, 1.54) is 18.2 Å². The van der Waals surface area contributed by atoms with Gasteiger partial charge < -0.3 is 5.32 Å². The molecule has 0 spiro atoms. The van der Waals surface area contributed by atoms with Crippen LogP contribution < -0.4 is 10.7 Å². The Kier molecular flexibility index (Phi) is 5.08. The van der Waals surface area contributed by atoms with Crippen molar-refractivity contribution in [2.75, 3.05) is 6.54 Å². The van der Waals surface area contributed by atoms with Gasteiger partial charge in [0.05, 0.1) is 11.8 Å². The number of halogens is 3. The minimum atomic E-state index is -4.40. The molecule has 7 heteroatoms. The van der Waals surface area contributed by atoms with Crippen LogP contribution in [0, 0.1) is 0 Å². The van der Waals surface area contributed by atoms with E-state index < -0.39 is 11.7 Å². The van der Waals surface area contributed by atoms with E-state index in [1.54, 1.807) is 0 Å². The average Bonchev–Trinajstić information content (AvgIpc) is 2.28. The van der Waals surface area contributed by atoms with E-state index >= 15 is 0 Å². The van der Waals surface area contributed by atoms with Gasteiger partial charge in [-0.25, -0.2) is 0 Å². The minimum Gasteiger partial charge on any atom is -0.362 e. The molecule has 1 aromatic rings. The van der Waals surface area contributed by atoms with Crippen molar-refractivity contribution in [3.8, 4) is 0 Å². The zero-order valence-electron chi connectivity index (χ0n) is 9.58. The molecule has 0 aliphatic rings. The first-order valence-corrected chi connectivity index (χ1v) is 5.59. The van der Waals surface area contributed by atoms with E-state index in [2.05, 4.69) is 15.8 Å². The Balaban J connectivity index is 2.79. The molecule has 2 N–H and O–H groups in total. The molecule has 0 bridgehead atoms. The van der Waals surface area contributed by atoms with E-state index in [4.69, 9.17) is 12.2 Å². The predicted octanol–water partition coefficient (Wildman–Crippen LogP) is 2.52. The molecule has 18 heavy (non-hydrogen) atoms. The number of nitrogens with one attached hydrogen (secondary N) is 2. The Morgan fingerprint density at radius 1 is 1.39 bits per heavy atom. The van der Waals surface area contributed by atoms with Crippen LogP contribution >= 0.6 is 12.2 Å². The van der Waals surface area contributed by atoms with Gasteiger partial charge in [0.25, 0.3) is 0 Å². The second kappa shape index (κ2) is 6.34. The fourth-order valence-corrected chi connectivity index (χ4v) is 1.43. The number of thiocarbonyl (C=S) groups is 1. The minimum absolute atomic E-state index is 0.0169. The van der Waals surface area contributed by atoms with Crippen LogP contribution in [0.3, 0.4) is 0 Å². The third-order valence-corrected chi connectivity index (χ3v) is 2.21. The van der Waals surface area contributed by atoms with Gasteiger partial charge >= 0.3 is 6.18 Å². The monoisotopic (exact) mass is 275 g/mol. The molecule has 0 heterocycles. The van der Waals surface area contributed by atoms with Gasteiger partial charge in [-0.2, -0.15) is 18.3 Å². The molecular weight excluding hydrogens is 263 g/mol. The van der Waals surface area contributed by atoms with Crippen LogP contribution in [0.5, 0.6) is 0 Å². The molecule has 1 aromatic carbocycles. The number of alkyl halides is 3. The summed E-state index contributed by atoms with van der Waals surface area (Å²) in [5, 5.41) is 6.68. The van der Waals surface area contributed by atoms with E-state index in [1.807, 2.05) is 6.92 Å². The van der Waals surface area contributed by atoms with E-state index in [0.717, 1.165) is 12.3 Å². The second-order valence-corrected chi connectivity index (χ2v) is 3.72. The molecule has 0 atom stereocenters. The Morgan fingerprint density at radius 3 is 2.67 bits per heavy atom. The van der Waals surface area contributed by atoms with Gasteiger partial charge in [-0.1, -0.05) is 18.2 Å². The Morgan fingerprint density at radius 2 is 2.06 bits per heavy atom. The molecule has 0 unspecified atom stereocenters. The first-order valence-electron chi connectivity index (χ1n) is 5.18. The summed E-state index contributed by atoms with van der Waals surface area (Å²) >= 11 is 4.82. The number of benzene rings is 1. The van der Waals surface area contributed by atoms with Crippen molar-refractivity contribution in [3.63, 3.8) is 0 Å². The molecule has 0 aliphatic heterocycles. The standard InChI is InChI=1S/C11H12F3N3S/c1-2-15-10(18)17-16-7-8-5-3-4-6-9(8)11(12,13)14/h3-7H,2H2,1H3,(H2,15,17,18)/b16-7+. The molecule has 0 aliphatic carbocycles. The van der Waals surface area contributed by atoms with Crippen LogP contribution in [0.15, 0.2) is 29.4 Å². The van der Waals surface area contributed by atoms with Crippen molar-refractivity contribution >= 4 is 23.5 Å². The molecule has 0 radical (unpaired) electrons. The SMILES string of the molecule is CCNC(=S)N/N=C/c1ccccc1C(F)(F)F. The highest BCUT2D eigenvalue weighted by atomic mass is 32.1. The molecule has 0 amide bonds. The van der Waals surface area contributed by atoms with Crippen LogP contribution in [0.4, 0.5) is 13.2 Å². The van der Waals surface area contributed by atoms with Gasteiger partial charge in [-0.05, 0) is 25.2 Å². The smallest absolute Gasteiger partial charge is 0.362 e. The highest BCUT2D eigenvalue weighted by molar-refractivity contribution is 7.80. The maximum absolute atomic E-state index is 12.6. The highest BCUT2D eigenvalue weighted by Crippen LogP contribution is 2.30. The zero-order valence-corrected chi connectivity index (χ0v) is 10.4. The summed E-state index contributed by atoms with van der Waals surface area (Å²) in [6.07, 6.45) is -3.31. The van der Waals surface area contributed by atoms with Crippen molar-refractivity contribution in [3.05, 3.63) is 35.4 Å². The van der Waals surface area contributed by atoms with E-state index in [9.17, 15) is 13.2 Å². The molecule has 98 valence electrons. The first kappa shape index (κ1) is 14.4. The predicted molar refractivity (Wildman–Crippen MR) is 68.4 cm³/mol. The fourth-order valence-electron chi connectivity index (χ4n) is 1.23. The molecular formula is C11H12F3N3S. The topological polar surface area (TPSA) is 36.4 Å². The average molecular weight is 275 g/mol. The lowest BCUT2D eigenvalue weighted by atomic mass is 10.1. The summed E-state index contributed by atoms with van der Waals surface area (Å²) in [4.78, 5) is 0. The fraction of sp³-hybridized carbons (Fsp3) is 0.273. The molecule has 0 fully saturated rings. The van der Waals surface area contributed by atoms with Crippen LogP contribution in [0.2, 0.25) is 0 Å². The first-order chi connectivity index (χ1) is 8.45. The van der Waals surface area contributed by atoms with Gasteiger partial charge in [0.2, 0.25) is 0 Å². The van der Waals surface area contributed by atoms with E-state index in [-0.39, 0.29) is 10.7 Å². The van der Waals surface area contributed by atoms with Gasteiger partial charge in [0, 0.05) is 12.1 Å². The van der Waals surface area contributed by atoms with Gasteiger partial charge in [0.1, 0.15) is 0 Å². The zero-order chi connectivity index (χ0) is 13.6. The number of hydrogen-bond acceptors (Lipinski definition) is 2. The quantitative estimate of drug-likeness (QED) is 0.505. The van der Waals surface area contributed by atoms with Crippen molar-refractivity contribution in [1.29, 1.82) is 0 Å².